The maximum Gasteiger partial charge on any atom is 0.227 e. The van der Waals surface area contributed by atoms with Crippen LogP contribution in [-0.4, -0.2) is 30.4 Å². The molecule has 18 heavy (non-hydrogen) atoms. The molecule has 1 unspecified atom stereocenters. The summed E-state index contributed by atoms with van der Waals surface area (Å²) in [5.41, 5.74) is 6.75. The van der Waals surface area contributed by atoms with Gasteiger partial charge in [-0.3, -0.25) is 4.79 Å². The normalized spacial score (nSPS) is 19.9. The van der Waals surface area contributed by atoms with Crippen molar-refractivity contribution in [3.63, 3.8) is 0 Å². The van der Waals surface area contributed by atoms with Gasteiger partial charge >= 0.3 is 0 Å². The molecule has 3 nitrogen and oxygen atoms in total. The molecule has 2 N–H and O–H groups in total. The largest absolute Gasteiger partial charge is 0.342 e. The lowest BCUT2D eigenvalue weighted by atomic mass is 9.97. The second-order valence-corrected chi connectivity index (χ2v) is 5.71. The predicted molar refractivity (Wildman–Crippen MR) is 76.2 cm³/mol. The van der Waals surface area contributed by atoms with E-state index in [1.54, 1.807) is 0 Å². The molecule has 0 spiro atoms. The predicted octanol–water partition coefficient (Wildman–Crippen LogP) is 2.19. The Hall–Kier alpha value is -0.870. The number of carbonyl (C=O) groups is 1. The third-order valence-corrected chi connectivity index (χ3v) is 4.28. The number of nitrogens with two attached hydrogens (primary N) is 1. The zero-order chi connectivity index (χ0) is 13.0. The summed E-state index contributed by atoms with van der Waals surface area (Å²) in [7, 11) is 0. The number of benzene rings is 1. The van der Waals surface area contributed by atoms with E-state index in [0.29, 0.717) is 18.9 Å². The first-order valence-electron chi connectivity index (χ1n) is 6.42. The molecule has 1 aromatic carbocycles. The van der Waals surface area contributed by atoms with Crippen LogP contribution in [0.3, 0.4) is 0 Å². The number of hydrogen-bond acceptors (Lipinski definition) is 2. The molecule has 1 aliphatic heterocycles. The van der Waals surface area contributed by atoms with Crippen LogP contribution in [0, 0.1) is 5.92 Å². The number of amides is 1. The van der Waals surface area contributed by atoms with E-state index in [9.17, 15) is 4.79 Å². The van der Waals surface area contributed by atoms with Crippen LogP contribution in [0.1, 0.15) is 18.4 Å². The Morgan fingerprint density at radius 1 is 1.44 bits per heavy atom. The van der Waals surface area contributed by atoms with Gasteiger partial charge in [-0.1, -0.05) is 34.1 Å². The van der Waals surface area contributed by atoms with Gasteiger partial charge in [-0.05, 0) is 36.9 Å². The van der Waals surface area contributed by atoms with Crippen molar-refractivity contribution < 1.29 is 4.79 Å². The van der Waals surface area contributed by atoms with Crippen LogP contribution in [0.15, 0.2) is 28.7 Å². The van der Waals surface area contributed by atoms with Gasteiger partial charge in [0.25, 0.3) is 0 Å². The number of hydrogen-bond donors (Lipinski definition) is 1. The Bertz CT molecular complexity index is 422. The van der Waals surface area contributed by atoms with Gasteiger partial charge in [0.1, 0.15) is 0 Å². The minimum Gasteiger partial charge on any atom is -0.342 e. The summed E-state index contributed by atoms with van der Waals surface area (Å²) in [5.74, 6) is 0.682. The van der Waals surface area contributed by atoms with Crippen LogP contribution in [0.4, 0.5) is 0 Å². The molecule has 0 saturated carbocycles. The first kappa shape index (κ1) is 13.6. The van der Waals surface area contributed by atoms with Crippen molar-refractivity contribution >= 4 is 21.8 Å². The molecule has 1 atom stereocenters. The Kier molecular flexibility index (Phi) is 4.78. The fraction of sp³-hybridized carbons (Fsp3) is 0.500. The molecule has 2 rings (SSSR count). The Balaban J connectivity index is 1.97. The van der Waals surface area contributed by atoms with E-state index in [-0.39, 0.29) is 5.91 Å². The molecular formula is C14H19BrN2O. The van der Waals surface area contributed by atoms with E-state index in [4.69, 9.17) is 5.73 Å². The summed E-state index contributed by atoms with van der Waals surface area (Å²) in [6.45, 7) is 2.37. The quantitative estimate of drug-likeness (QED) is 0.930. The van der Waals surface area contributed by atoms with E-state index in [1.165, 1.54) is 0 Å². The van der Waals surface area contributed by atoms with Gasteiger partial charge in [0.2, 0.25) is 5.91 Å². The molecular weight excluding hydrogens is 292 g/mol. The smallest absolute Gasteiger partial charge is 0.227 e. The number of likely N-dealkylation sites (tertiary alicyclic amines) is 1. The summed E-state index contributed by atoms with van der Waals surface area (Å²) in [6.07, 6.45) is 2.69. The van der Waals surface area contributed by atoms with Crippen molar-refractivity contribution in [3.05, 3.63) is 34.3 Å². The highest BCUT2D eigenvalue weighted by Gasteiger charge is 2.22. The van der Waals surface area contributed by atoms with Crippen molar-refractivity contribution in [2.45, 2.75) is 19.3 Å². The first-order valence-corrected chi connectivity index (χ1v) is 7.21. The fourth-order valence-electron chi connectivity index (χ4n) is 2.40. The molecule has 0 radical (unpaired) electrons. The fourth-order valence-corrected chi connectivity index (χ4v) is 2.83. The summed E-state index contributed by atoms with van der Waals surface area (Å²) in [4.78, 5) is 14.2. The minimum atomic E-state index is 0.208. The van der Waals surface area contributed by atoms with E-state index < -0.39 is 0 Å². The number of piperidine rings is 1. The van der Waals surface area contributed by atoms with Crippen molar-refractivity contribution in [1.82, 2.24) is 4.90 Å². The van der Waals surface area contributed by atoms with Gasteiger partial charge in [0, 0.05) is 17.6 Å². The van der Waals surface area contributed by atoms with Crippen molar-refractivity contribution in [2.24, 2.45) is 11.7 Å². The molecule has 1 fully saturated rings. The molecule has 1 aliphatic rings. The van der Waals surface area contributed by atoms with Crippen LogP contribution in [0.2, 0.25) is 0 Å². The highest BCUT2D eigenvalue weighted by molar-refractivity contribution is 9.10. The second kappa shape index (κ2) is 6.34. The molecule has 0 aliphatic carbocycles. The molecule has 1 amide bonds. The number of halogens is 1. The Morgan fingerprint density at radius 2 is 2.22 bits per heavy atom. The monoisotopic (exact) mass is 310 g/mol. The van der Waals surface area contributed by atoms with E-state index in [0.717, 1.165) is 36.0 Å². The van der Waals surface area contributed by atoms with Crippen LogP contribution >= 0.6 is 15.9 Å². The highest BCUT2D eigenvalue weighted by Crippen LogP contribution is 2.20. The molecule has 0 bridgehead atoms. The van der Waals surface area contributed by atoms with Crippen molar-refractivity contribution in [2.75, 3.05) is 19.6 Å². The van der Waals surface area contributed by atoms with Crippen molar-refractivity contribution in [1.29, 1.82) is 0 Å². The summed E-state index contributed by atoms with van der Waals surface area (Å²) in [5, 5.41) is 0. The standard InChI is InChI=1S/C14H19BrN2O/c15-13-6-2-1-5-12(13)8-14(18)17-7-3-4-11(9-16)10-17/h1-2,5-6,11H,3-4,7-10,16H2. The lowest BCUT2D eigenvalue weighted by Gasteiger charge is -2.32. The van der Waals surface area contributed by atoms with Gasteiger partial charge in [0.05, 0.1) is 6.42 Å². The van der Waals surface area contributed by atoms with Crippen molar-refractivity contribution in [3.8, 4) is 0 Å². The van der Waals surface area contributed by atoms with E-state index in [2.05, 4.69) is 15.9 Å². The third-order valence-electron chi connectivity index (χ3n) is 3.50. The number of carbonyl (C=O) groups excluding carboxylic acids is 1. The van der Waals surface area contributed by atoms with Crippen LogP contribution < -0.4 is 5.73 Å². The zero-order valence-electron chi connectivity index (χ0n) is 10.4. The Morgan fingerprint density at radius 3 is 2.94 bits per heavy atom. The molecule has 1 saturated heterocycles. The minimum absolute atomic E-state index is 0.208. The van der Waals surface area contributed by atoms with Gasteiger partial charge in [-0.25, -0.2) is 0 Å². The maximum absolute atomic E-state index is 12.2. The van der Waals surface area contributed by atoms with Gasteiger partial charge in [-0.2, -0.15) is 0 Å². The average molecular weight is 311 g/mol. The van der Waals surface area contributed by atoms with Crippen LogP contribution in [-0.2, 0) is 11.2 Å². The second-order valence-electron chi connectivity index (χ2n) is 4.85. The average Bonchev–Trinajstić information content (AvgIpc) is 2.41. The number of rotatable bonds is 3. The Labute approximate surface area is 116 Å². The SMILES string of the molecule is NCC1CCCN(C(=O)Cc2ccccc2Br)C1. The summed E-state index contributed by atoms with van der Waals surface area (Å²) >= 11 is 3.48. The first-order chi connectivity index (χ1) is 8.70. The third kappa shape index (κ3) is 3.33. The van der Waals surface area contributed by atoms with Crippen LogP contribution in [0.25, 0.3) is 0 Å². The lowest BCUT2D eigenvalue weighted by Crippen LogP contribution is -2.42. The van der Waals surface area contributed by atoms with E-state index >= 15 is 0 Å². The maximum atomic E-state index is 12.2. The summed E-state index contributed by atoms with van der Waals surface area (Å²) < 4.78 is 1.01. The van der Waals surface area contributed by atoms with Crippen LogP contribution in [0.5, 0.6) is 0 Å². The molecule has 1 aromatic rings. The zero-order valence-corrected chi connectivity index (χ0v) is 12.0. The number of nitrogens with zero attached hydrogens (tertiary/aromatic N) is 1. The van der Waals surface area contributed by atoms with Gasteiger partial charge in [0.15, 0.2) is 0 Å². The van der Waals surface area contributed by atoms with Gasteiger partial charge in [-0.15, -0.1) is 0 Å². The lowest BCUT2D eigenvalue weighted by molar-refractivity contribution is -0.132. The molecule has 0 aromatic heterocycles. The summed E-state index contributed by atoms with van der Waals surface area (Å²) in [6, 6.07) is 7.89. The molecule has 98 valence electrons. The topological polar surface area (TPSA) is 46.3 Å². The molecule has 1 heterocycles. The van der Waals surface area contributed by atoms with Gasteiger partial charge < -0.3 is 10.6 Å². The molecule has 4 heteroatoms. The van der Waals surface area contributed by atoms with E-state index in [1.807, 2.05) is 29.2 Å². The highest BCUT2D eigenvalue weighted by atomic mass is 79.9.